The van der Waals surface area contributed by atoms with Gasteiger partial charge >= 0.3 is 0 Å². The van der Waals surface area contributed by atoms with Gasteiger partial charge < -0.3 is 9.47 Å². The lowest BCUT2D eigenvalue weighted by Crippen LogP contribution is -2.55. The molecule has 0 amide bonds. The van der Waals surface area contributed by atoms with Gasteiger partial charge in [0, 0.05) is 19.6 Å². The molecule has 35 heavy (non-hydrogen) atoms. The summed E-state index contributed by atoms with van der Waals surface area (Å²) in [7, 11) is 2.02. The van der Waals surface area contributed by atoms with Gasteiger partial charge in [0.25, 0.3) is 0 Å². The van der Waals surface area contributed by atoms with Gasteiger partial charge in [-0.3, -0.25) is 9.80 Å². The Balaban J connectivity index is 1.55. The van der Waals surface area contributed by atoms with Crippen LogP contribution in [-0.4, -0.2) is 47.9 Å². The van der Waals surface area contributed by atoms with E-state index < -0.39 is 5.79 Å². The van der Waals surface area contributed by atoms with Crippen LogP contribution in [0.4, 0.5) is 0 Å². The highest BCUT2D eigenvalue weighted by Gasteiger charge is 2.41. The van der Waals surface area contributed by atoms with Crippen molar-refractivity contribution in [3.63, 3.8) is 0 Å². The zero-order valence-corrected chi connectivity index (χ0v) is 20.9. The van der Waals surface area contributed by atoms with Gasteiger partial charge in [-0.15, -0.1) is 0 Å². The van der Waals surface area contributed by atoms with Crippen LogP contribution in [0.3, 0.4) is 0 Å². The van der Waals surface area contributed by atoms with Crippen LogP contribution in [0.5, 0.6) is 0 Å². The third kappa shape index (κ3) is 6.78. The van der Waals surface area contributed by atoms with E-state index in [2.05, 4.69) is 76.5 Å². The molecule has 0 aliphatic carbocycles. The van der Waals surface area contributed by atoms with Crippen molar-refractivity contribution in [2.75, 3.05) is 20.2 Å². The van der Waals surface area contributed by atoms with E-state index in [9.17, 15) is 5.26 Å². The number of likely N-dealkylation sites (N-methyl/N-ethyl adjacent to an activating group) is 1. The Kier molecular flexibility index (Phi) is 8.33. The van der Waals surface area contributed by atoms with E-state index in [4.69, 9.17) is 9.47 Å². The lowest BCUT2D eigenvalue weighted by atomic mass is 9.98. The Morgan fingerprint density at radius 1 is 0.886 bits per heavy atom. The van der Waals surface area contributed by atoms with Crippen LogP contribution in [0.1, 0.15) is 36.6 Å². The maximum Gasteiger partial charge on any atom is 0.163 e. The van der Waals surface area contributed by atoms with Crippen molar-refractivity contribution < 1.29 is 9.47 Å². The molecule has 0 radical (unpaired) electrons. The summed E-state index contributed by atoms with van der Waals surface area (Å²) >= 11 is 0. The first-order valence-corrected chi connectivity index (χ1v) is 12.2. The fourth-order valence-electron chi connectivity index (χ4n) is 4.66. The number of hydrogen-bond acceptors (Lipinski definition) is 5. The summed E-state index contributed by atoms with van der Waals surface area (Å²) in [4.78, 5) is 4.48. The van der Waals surface area contributed by atoms with Gasteiger partial charge in [0.2, 0.25) is 0 Å². The van der Waals surface area contributed by atoms with E-state index in [-0.39, 0.29) is 18.2 Å². The van der Waals surface area contributed by atoms with Crippen molar-refractivity contribution in [2.24, 2.45) is 0 Å². The van der Waals surface area contributed by atoms with Crippen LogP contribution in [-0.2, 0) is 22.6 Å². The number of nitriles is 1. The molecule has 1 heterocycles. The standard InChI is InChI=1S/C30H35N3O2/c1-30(2)34-23-28(29(35-30)26-17-11-6-12-18-26)32(3)27(19-31)22-33(20-24-13-7-4-8-14-24)21-25-15-9-5-10-16-25/h4-18,27-29H,20-23H2,1-3H3/t27-,28-,29-/m0/s1. The monoisotopic (exact) mass is 469 g/mol. The number of ether oxygens (including phenoxy) is 2. The molecule has 0 spiro atoms. The average Bonchev–Trinajstić information content (AvgIpc) is 2.88. The summed E-state index contributed by atoms with van der Waals surface area (Å²) in [5.74, 6) is -0.674. The van der Waals surface area contributed by atoms with E-state index in [1.54, 1.807) is 0 Å². The second-order valence-electron chi connectivity index (χ2n) is 9.68. The predicted molar refractivity (Wildman–Crippen MR) is 138 cm³/mol. The van der Waals surface area contributed by atoms with Gasteiger partial charge in [-0.1, -0.05) is 91.0 Å². The van der Waals surface area contributed by atoms with Gasteiger partial charge in [-0.25, -0.2) is 0 Å². The van der Waals surface area contributed by atoms with Gasteiger partial charge in [0.05, 0.1) is 18.7 Å². The van der Waals surface area contributed by atoms with Crippen LogP contribution in [0.15, 0.2) is 91.0 Å². The van der Waals surface area contributed by atoms with Crippen LogP contribution in [0.25, 0.3) is 0 Å². The molecule has 0 saturated carbocycles. The molecule has 3 atom stereocenters. The molecule has 0 unspecified atom stereocenters. The van der Waals surface area contributed by atoms with E-state index >= 15 is 0 Å². The Morgan fingerprint density at radius 3 is 1.91 bits per heavy atom. The number of rotatable bonds is 9. The third-order valence-corrected chi connectivity index (χ3v) is 6.58. The van der Waals surface area contributed by atoms with Crippen LogP contribution < -0.4 is 0 Å². The number of hydrogen-bond donors (Lipinski definition) is 0. The summed E-state index contributed by atoms with van der Waals surface area (Å²) in [6.45, 7) is 6.55. The minimum absolute atomic E-state index is 0.0784. The molecule has 1 aliphatic heterocycles. The summed E-state index contributed by atoms with van der Waals surface area (Å²) in [5, 5.41) is 10.3. The van der Waals surface area contributed by atoms with Crippen LogP contribution in [0, 0.1) is 11.3 Å². The van der Waals surface area contributed by atoms with Gasteiger partial charge in [-0.2, -0.15) is 5.26 Å². The first kappa shape index (κ1) is 25.1. The van der Waals surface area contributed by atoms with Crippen LogP contribution in [0.2, 0.25) is 0 Å². The normalized spacial score (nSPS) is 20.5. The van der Waals surface area contributed by atoms with Crippen molar-refractivity contribution in [1.82, 2.24) is 9.80 Å². The van der Waals surface area contributed by atoms with Crippen molar-refractivity contribution in [1.29, 1.82) is 5.26 Å². The summed E-state index contributed by atoms with van der Waals surface area (Å²) in [6.07, 6.45) is -0.183. The zero-order chi connectivity index (χ0) is 24.7. The quantitative estimate of drug-likeness (QED) is 0.420. The number of benzene rings is 3. The molecule has 3 aromatic rings. The highest BCUT2D eigenvalue weighted by atomic mass is 16.7. The Bertz CT molecular complexity index is 1040. The minimum atomic E-state index is -0.674. The van der Waals surface area contributed by atoms with E-state index in [0.29, 0.717) is 13.2 Å². The summed E-state index contributed by atoms with van der Waals surface area (Å²) in [6, 6.07) is 33.3. The van der Waals surface area contributed by atoms with Crippen molar-refractivity contribution in [3.8, 4) is 6.07 Å². The smallest absolute Gasteiger partial charge is 0.163 e. The molecule has 4 rings (SSSR count). The topological polar surface area (TPSA) is 48.7 Å². The third-order valence-electron chi connectivity index (χ3n) is 6.58. The second kappa shape index (κ2) is 11.6. The van der Waals surface area contributed by atoms with Gasteiger partial charge in [-0.05, 0) is 37.6 Å². The molecule has 5 heteroatoms. The van der Waals surface area contributed by atoms with Gasteiger partial charge in [0.15, 0.2) is 5.79 Å². The molecule has 3 aromatic carbocycles. The fourth-order valence-corrected chi connectivity index (χ4v) is 4.66. The maximum absolute atomic E-state index is 10.3. The van der Waals surface area contributed by atoms with Crippen LogP contribution >= 0.6 is 0 Å². The van der Waals surface area contributed by atoms with Crippen molar-refractivity contribution in [3.05, 3.63) is 108 Å². The highest BCUT2D eigenvalue weighted by Crippen LogP contribution is 2.35. The first-order valence-electron chi connectivity index (χ1n) is 12.2. The Labute approximate surface area is 209 Å². The molecule has 1 aliphatic rings. The molecule has 182 valence electrons. The first-order chi connectivity index (χ1) is 16.9. The lowest BCUT2D eigenvalue weighted by Gasteiger charge is -2.46. The van der Waals surface area contributed by atoms with E-state index in [1.807, 2.05) is 51.2 Å². The second-order valence-corrected chi connectivity index (χ2v) is 9.68. The Morgan fingerprint density at radius 2 is 1.40 bits per heavy atom. The molecule has 0 bridgehead atoms. The molecular weight excluding hydrogens is 434 g/mol. The van der Waals surface area contributed by atoms with Gasteiger partial charge in [0.1, 0.15) is 12.1 Å². The average molecular weight is 470 g/mol. The number of nitrogens with zero attached hydrogens (tertiary/aromatic N) is 3. The summed E-state index contributed by atoms with van der Waals surface area (Å²) < 4.78 is 12.5. The minimum Gasteiger partial charge on any atom is -0.349 e. The maximum atomic E-state index is 10.3. The van der Waals surface area contributed by atoms with E-state index in [0.717, 1.165) is 18.7 Å². The summed E-state index contributed by atoms with van der Waals surface area (Å²) in [5.41, 5.74) is 3.56. The lowest BCUT2D eigenvalue weighted by molar-refractivity contribution is -0.297. The fraction of sp³-hybridized carbons (Fsp3) is 0.367. The Hall–Kier alpha value is -3.01. The molecule has 1 fully saturated rings. The largest absolute Gasteiger partial charge is 0.349 e. The van der Waals surface area contributed by atoms with E-state index in [1.165, 1.54) is 11.1 Å². The molecule has 5 nitrogen and oxygen atoms in total. The highest BCUT2D eigenvalue weighted by molar-refractivity contribution is 5.21. The molecule has 0 N–H and O–H groups in total. The zero-order valence-electron chi connectivity index (χ0n) is 20.9. The van der Waals surface area contributed by atoms with Crippen molar-refractivity contribution >= 4 is 0 Å². The van der Waals surface area contributed by atoms with Crippen molar-refractivity contribution in [2.45, 2.75) is 50.9 Å². The molecule has 0 aromatic heterocycles. The molecule has 1 saturated heterocycles. The molecular formula is C30H35N3O2. The SMILES string of the molecule is CN([C@@H](C#N)CN(Cc1ccccc1)Cc1ccccc1)[C@H]1COC(C)(C)O[C@H]1c1ccccc1. The predicted octanol–water partition coefficient (Wildman–Crippen LogP) is 5.41.